The van der Waals surface area contributed by atoms with Gasteiger partial charge in [0.25, 0.3) is 5.91 Å². The lowest BCUT2D eigenvalue weighted by molar-refractivity contribution is -0.153. The number of amides is 1. The average molecular weight is 512 g/mol. The van der Waals surface area contributed by atoms with Gasteiger partial charge in [0, 0.05) is 36.8 Å². The molecule has 4 N–H and O–H groups in total. The molecule has 37 heavy (non-hydrogen) atoms. The number of carbonyl (C=O) groups excluding carboxylic acids is 2. The van der Waals surface area contributed by atoms with Crippen LogP contribution in [0.15, 0.2) is 48.5 Å². The third-order valence-corrected chi connectivity index (χ3v) is 6.04. The van der Waals surface area contributed by atoms with Gasteiger partial charge in [-0.1, -0.05) is 19.1 Å². The number of hydrogen-bond donors (Lipinski definition) is 4. The van der Waals surface area contributed by atoms with E-state index in [1.165, 1.54) is 0 Å². The molecule has 2 aromatic carbocycles. The molecule has 1 amide bonds. The lowest BCUT2D eigenvalue weighted by Gasteiger charge is -2.32. The van der Waals surface area contributed by atoms with Gasteiger partial charge in [0.1, 0.15) is 30.8 Å². The molecule has 0 atom stereocenters. The van der Waals surface area contributed by atoms with Crippen molar-refractivity contribution in [3.8, 4) is 5.75 Å². The van der Waals surface area contributed by atoms with E-state index in [-0.39, 0.29) is 24.7 Å². The average Bonchev–Trinajstić information content (AvgIpc) is 2.88. The monoisotopic (exact) mass is 511 g/mol. The van der Waals surface area contributed by atoms with Crippen LogP contribution in [-0.4, -0.2) is 75.0 Å². The summed E-state index contributed by atoms with van der Waals surface area (Å²) in [6.07, 6.45) is -0.0425. The minimum atomic E-state index is -0.578. The Morgan fingerprint density at radius 3 is 2.27 bits per heavy atom. The second kappa shape index (κ2) is 13.4. The molecule has 1 fully saturated rings. The number of ether oxygens (including phenoxy) is 2. The van der Waals surface area contributed by atoms with Crippen LogP contribution < -0.4 is 26.0 Å². The topological polar surface area (TPSA) is 104 Å². The fraction of sp³-hybridized carbons (Fsp3) is 0.500. The quantitative estimate of drug-likeness (QED) is 0.342. The summed E-state index contributed by atoms with van der Waals surface area (Å²) < 4.78 is 11.0. The molecular weight excluding hydrogens is 470 g/mol. The van der Waals surface area contributed by atoms with E-state index in [4.69, 9.17) is 9.47 Å². The first-order valence-corrected chi connectivity index (χ1v) is 12.9. The first-order chi connectivity index (χ1) is 17.6. The highest BCUT2D eigenvalue weighted by Crippen LogP contribution is 2.20. The Balaban J connectivity index is 1.40. The third-order valence-electron chi connectivity index (χ3n) is 6.04. The van der Waals surface area contributed by atoms with Crippen molar-refractivity contribution in [2.75, 3.05) is 51.7 Å². The van der Waals surface area contributed by atoms with Gasteiger partial charge < -0.3 is 25.0 Å². The van der Waals surface area contributed by atoms with Crippen LogP contribution in [0, 0.1) is 0 Å². The van der Waals surface area contributed by atoms with Crippen LogP contribution in [0.25, 0.3) is 0 Å². The second-order valence-corrected chi connectivity index (χ2v) is 10.3. The number of nitrogens with one attached hydrogen (secondary N) is 4. The van der Waals surface area contributed by atoms with Crippen LogP contribution in [-0.2, 0) is 9.53 Å². The van der Waals surface area contributed by atoms with E-state index in [0.29, 0.717) is 12.2 Å². The van der Waals surface area contributed by atoms with Crippen molar-refractivity contribution < 1.29 is 19.1 Å². The van der Waals surface area contributed by atoms with Crippen molar-refractivity contribution in [2.45, 2.75) is 45.5 Å². The zero-order valence-corrected chi connectivity index (χ0v) is 22.6. The molecule has 0 unspecified atom stereocenters. The van der Waals surface area contributed by atoms with Crippen LogP contribution in [0.3, 0.4) is 0 Å². The second-order valence-electron chi connectivity index (χ2n) is 10.3. The van der Waals surface area contributed by atoms with Gasteiger partial charge in [0.15, 0.2) is 0 Å². The van der Waals surface area contributed by atoms with E-state index in [2.05, 4.69) is 40.1 Å². The number of benzene rings is 2. The molecule has 3 rings (SSSR count). The summed E-state index contributed by atoms with van der Waals surface area (Å²) in [5.74, 6) is 0.376. The van der Waals surface area contributed by atoms with Crippen molar-refractivity contribution in [1.29, 1.82) is 0 Å². The van der Waals surface area contributed by atoms with Gasteiger partial charge in [0.05, 0.1) is 0 Å². The van der Waals surface area contributed by atoms with Gasteiger partial charge >= 0.3 is 5.97 Å². The Kier molecular flexibility index (Phi) is 10.3. The SMILES string of the molecule is CCN(C)CCOc1ccc(NC2NCC(c3ccc(C(=O)NCC(=O)OC(C)(C)C)cc3)CN2)cc1. The van der Waals surface area contributed by atoms with Crippen LogP contribution in [0.5, 0.6) is 5.75 Å². The molecule has 1 heterocycles. The van der Waals surface area contributed by atoms with E-state index in [9.17, 15) is 9.59 Å². The Hall–Kier alpha value is -3.14. The van der Waals surface area contributed by atoms with E-state index in [0.717, 1.165) is 43.2 Å². The molecule has 0 aliphatic carbocycles. The van der Waals surface area contributed by atoms with Gasteiger partial charge in [0.2, 0.25) is 0 Å². The Labute approximate surface area is 220 Å². The highest BCUT2D eigenvalue weighted by molar-refractivity contribution is 5.95. The maximum atomic E-state index is 12.4. The van der Waals surface area contributed by atoms with Gasteiger partial charge in [-0.15, -0.1) is 0 Å². The zero-order chi connectivity index (χ0) is 26.8. The third kappa shape index (κ3) is 9.68. The van der Waals surface area contributed by atoms with Crippen molar-refractivity contribution >= 4 is 17.6 Å². The minimum Gasteiger partial charge on any atom is -0.492 e. The Morgan fingerprint density at radius 1 is 1.03 bits per heavy atom. The number of rotatable bonds is 11. The molecule has 0 bridgehead atoms. The lowest BCUT2D eigenvalue weighted by atomic mass is 9.96. The van der Waals surface area contributed by atoms with Gasteiger partial charge in [-0.2, -0.15) is 0 Å². The molecule has 9 heteroatoms. The predicted octanol–water partition coefficient (Wildman–Crippen LogP) is 2.76. The van der Waals surface area contributed by atoms with Crippen LogP contribution in [0.1, 0.15) is 49.5 Å². The van der Waals surface area contributed by atoms with Gasteiger partial charge in [-0.25, -0.2) is 0 Å². The molecule has 0 spiro atoms. The summed E-state index contributed by atoms with van der Waals surface area (Å²) in [5.41, 5.74) is 2.07. The highest BCUT2D eigenvalue weighted by atomic mass is 16.6. The molecule has 0 saturated carbocycles. The molecule has 0 aromatic heterocycles. The molecule has 1 aliphatic heterocycles. The van der Waals surface area contributed by atoms with Crippen molar-refractivity contribution in [1.82, 2.24) is 20.9 Å². The maximum Gasteiger partial charge on any atom is 0.325 e. The fourth-order valence-corrected chi connectivity index (χ4v) is 3.83. The zero-order valence-electron chi connectivity index (χ0n) is 22.6. The summed E-state index contributed by atoms with van der Waals surface area (Å²) in [7, 11) is 2.08. The molecule has 9 nitrogen and oxygen atoms in total. The standard InChI is InChI=1S/C28H41N5O4/c1-6-33(5)15-16-36-24-13-11-23(12-14-24)32-27-30-17-22(18-31-27)20-7-9-21(10-8-20)26(35)29-19-25(34)37-28(2,3)4/h7-14,22,27,30-32H,6,15-19H2,1-5H3,(H,29,35). The van der Waals surface area contributed by atoms with E-state index in [1.807, 2.05) is 36.4 Å². The molecular formula is C28H41N5O4. The summed E-state index contributed by atoms with van der Waals surface area (Å²) >= 11 is 0. The van der Waals surface area contributed by atoms with E-state index < -0.39 is 11.6 Å². The predicted molar refractivity (Wildman–Crippen MR) is 146 cm³/mol. The van der Waals surface area contributed by atoms with Crippen LogP contribution in [0.4, 0.5) is 5.69 Å². The molecule has 1 saturated heterocycles. The number of carbonyl (C=O) groups is 2. The number of nitrogens with zero attached hydrogens (tertiary/aromatic N) is 1. The molecule has 0 radical (unpaired) electrons. The first-order valence-electron chi connectivity index (χ1n) is 12.9. The van der Waals surface area contributed by atoms with E-state index >= 15 is 0 Å². The number of anilines is 1. The van der Waals surface area contributed by atoms with Crippen LogP contribution >= 0.6 is 0 Å². The summed E-state index contributed by atoms with van der Waals surface area (Å²) in [6.45, 7) is 11.5. The van der Waals surface area contributed by atoms with Crippen LogP contribution in [0.2, 0.25) is 0 Å². The molecule has 2 aromatic rings. The maximum absolute atomic E-state index is 12.4. The minimum absolute atomic E-state index is 0.0425. The summed E-state index contributed by atoms with van der Waals surface area (Å²) in [4.78, 5) is 26.4. The number of hydrogen-bond acceptors (Lipinski definition) is 8. The van der Waals surface area contributed by atoms with E-state index in [1.54, 1.807) is 32.9 Å². The largest absolute Gasteiger partial charge is 0.492 e. The first kappa shape index (κ1) is 28.4. The highest BCUT2D eigenvalue weighted by Gasteiger charge is 2.22. The van der Waals surface area contributed by atoms with Gasteiger partial charge in [-0.3, -0.25) is 20.2 Å². The van der Waals surface area contributed by atoms with Crippen molar-refractivity contribution in [2.24, 2.45) is 0 Å². The summed E-state index contributed by atoms with van der Waals surface area (Å²) in [6, 6.07) is 15.5. The Morgan fingerprint density at radius 2 is 1.68 bits per heavy atom. The number of esters is 1. The summed E-state index contributed by atoms with van der Waals surface area (Å²) in [5, 5.41) is 13.0. The Bertz CT molecular complexity index is 997. The molecule has 1 aliphatic rings. The van der Waals surface area contributed by atoms with Crippen molar-refractivity contribution in [3.63, 3.8) is 0 Å². The number of likely N-dealkylation sites (N-methyl/N-ethyl adjacent to an activating group) is 1. The van der Waals surface area contributed by atoms with Gasteiger partial charge in [-0.05, 0) is 76.3 Å². The fourth-order valence-electron chi connectivity index (χ4n) is 3.83. The normalized spacial score (nSPS) is 17.8. The molecule has 202 valence electrons. The van der Waals surface area contributed by atoms with Crippen molar-refractivity contribution in [3.05, 3.63) is 59.7 Å². The smallest absolute Gasteiger partial charge is 0.325 e. The lowest BCUT2D eigenvalue weighted by Crippen LogP contribution is -2.55.